The summed E-state index contributed by atoms with van der Waals surface area (Å²) < 4.78 is 1.71. The number of benzene rings is 1. The van der Waals surface area contributed by atoms with Crippen molar-refractivity contribution in [1.82, 2.24) is 9.78 Å². The molecule has 1 aliphatic rings. The van der Waals surface area contributed by atoms with Gasteiger partial charge in [-0.05, 0) is 25.0 Å². The topological polar surface area (TPSA) is 46.9 Å². The molecule has 0 unspecified atom stereocenters. The van der Waals surface area contributed by atoms with Crippen LogP contribution >= 0.6 is 23.2 Å². The second kappa shape index (κ2) is 6.71. The second-order valence-corrected chi connectivity index (χ2v) is 6.36. The molecule has 0 saturated heterocycles. The summed E-state index contributed by atoms with van der Waals surface area (Å²) in [5, 5.41) is 8.41. The van der Waals surface area contributed by atoms with Crippen LogP contribution in [0.4, 0.5) is 5.82 Å². The van der Waals surface area contributed by atoms with Crippen molar-refractivity contribution in [2.24, 2.45) is 5.92 Å². The van der Waals surface area contributed by atoms with E-state index in [2.05, 4.69) is 10.4 Å². The SMILES string of the molecule is O=C(Nc1ccnn1Cc1c(Cl)cccc1Cl)C1CCCC1. The maximum atomic E-state index is 12.2. The van der Waals surface area contributed by atoms with Gasteiger partial charge in [0.1, 0.15) is 5.82 Å². The fourth-order valence-corrected chi connectivity index (χ4v) is 3.33. The summed E-state index contributed by atoms with van der Waals surface area (Å²) in [6.45, 7) is 0.422. The van der Waals surface area contributed by atoms with E-state index in [-0.39, 0.29) is 11.8 Å². The Morgan fingerprint density at radius 1 is 1.23 bits per heavy atom. The Hall–Kier alpha value is -1.52. The first-order chi connectivity index (χ1) is 10.6. The molecule has 0 bridgehead atoms. The zero-order chi connectivity index (χ0) is 15.5. The van der Waals surface area contributed by atoms with Crippen LogP contribution in [0.5, 0.6) is 0 Å². The van der Waals surface area contributed by atoms with Gasteiger partial charge in [0, 0.05) is 27.6 Å². The number of hydrogen-bond donors (Lipinski definition) is 1. The molecule has 1 fully saturated rings. The quantitative estimate of drug-likeness (QED) is 0.900. The Bertz CT molecular complexity index is 658. The molecule has 1 aromatic heterocycles. The third kappa shape index (κ3) is 3.28. The van der Waals surface area contributed by atoms with Crippen molar-refractivity contribution >= 4 is 34.9 Å². The molecular weight excluding hydrogens is 321 g/mol. The number of amides is 1. The lowest BCUT2D eigenvalue weighted by Gasteiger charge is -2.13. The van der Waals surface area contributed by atoms with Crippen LogP contribution in [0.1, 0.15) is 31.2 Å². The molecular formula is C16H17Cl2N3O. The summed E-state index contributed by atoms with van der Waals surface area (Å²) >= 11 is 12.4. The van der Waals surface area contributed by atoms with Crippen LogP contribution in [0.15, 0.2) is 30.5 Å². The molecule has 1 aromatic carbocycles. The summed E-state index contributed by atoms with van der Waals surface area (Å²) in [5.41, 5.74) is 0.797. The number of halogens is 2. The number of anilines is 1. The van der Waals surface area contributed by atoms with Crippen molar-refractivity contribution < 1.29 is 4.79 Å². The van der Waals surface area contributed by atoms with E-state index in [0.717, 1.165) is 31.2 Å². The first kappa shape index (κ1) is 15.4. The molecule has 22 heavy (non-hydrogen) atoms. The Balaban J connectivity index is 1.76. The fraction of sp³-hybridized carbons (Fsp3) is 0.375. The highest BCUT2D eigenvalue weighted by Gasteiger charge is 2.23. The van der Waals surface area contributed by atoms with Crippen molar-refractivity contribution in [2.45, 2.75) is 32.2 Å². The van der Waals surface area contributed by atoms with Crippen LogP contribution in [0, 0.1) is 5.92 Å². The normalized spacial score (nSPS) is 15.2. The number of nitrogens with zero attached hydrogens (tertiary/aromatic N) is 2. The van der Waals surface area contributed by atoms with E-state index in [1.165, 1.54) is 0 Å². The minimum absolute atomic E-state index is 0.0736. The minimum atomic E-state index is 0.0736. The maximum Gasteiger partial charge on any atom is 0.228 e. The third-order valence-electron chi connectivity index (χ3n) is 4.06. The molecule has 1 aliphatic carbocycles. The minimum Gasteiger partial charge on any atom is -0.311 e. The fourth-order valence-electron chi connectivity index (χ4n) is 2.81. The Labute approximate surface area is 139 Å². The van der Waals surface area contributed by atoms with Crippen molar-refractivity contribution in [3.63, 3.8) is 0 Å². The van der Waals surface area contributed by atoms with Gasteiger partial charge in [-0.1, -0.05) is 42.1 Å². The monoisotopic (exact) mass is 337 g/mol. The molecule has 0 radical (unpaired) electrons. The molecule has 1 N–H and O–H groups in total. The highest BCUT2D eigenvalue weighted by Crippen LogP contribution is 2.28. The average Bonchev–Trinajstić information content (AvgIpc) is 3.15. The van der Waals surface area contributed by atoms with E-state index >= 15 is 0 Å². The van der Waals surface area contributed by atoms with Gasteiger partial charge in [0.05, 0.1) is 12.7 Å². The predicted octanol–water partition coefficient (Wildman–Crippen LogP) is 4.37. The smallest absolute Gasteiger partial charge is 0.228 e. The second-order valence-electron chi connectivity index (χ2n) is 5.54. The van der Waals surface area contributed by atoms with E-state index in [4.69, 9.17) is 23.2 Å². The van der Waals surface area contributed by atoms with E-state index < -0.39 is 0 Å². The van der Waals surface area contributed by atoms with Crippen LogP contribution in [0.3, 0.4) is 0 Å². The Morgan fingerprint density at radius 3 is 2.59 bits per heavy atom. The number of nitrogens with one attached hydrogen (secondary N) is 1. The molecule has 3 rings (SSSR count). The van der Waals surface area contributed by atoms with Gasteiger partial charge in [-0.15, -0.1) is 0 Å². The van der Waals surface area contributed by atoms with Crippen LogP contribution in [-0.2, 0) is 11.3 Å². The van der Waals surface area contributed by atoms with Crippen LogP contribution < -0.4 is 5.32 Å². The van der Waals surface area contributed by atoms with Crippen molar-refractivity contribution in [3.05, 3.63) is 46.1 Å². The van der Waals surface area contributed by atoms with E-state index in [1.807, 2.05) is 0 Å². The lowest BCUT2D eigenvalue weighted by Crippen LogP contribution is -2.22. The van der Waals surface area contributed by atoms with Gasteiger partial charge in [-0.2, -0.15) is 5.10 Å². The van der Waals surface area contributed by atoms with Gasteiger partial charge < -0.3 is 5.32 Å². The predicted molar refractivity (Wildman–Crippen MR) is 88.4 cm³/mol. The van der Waals surface area contributed by atoms with E-state index in [1.54, 1.807) is 35.1 Å². The summed E-state index contributed by atoms with van der Waals surface area (Å²) in [7, 11) is 0. The first-order valence-corrected chi connectivity index (χ1v) is 8.16. The molecule has 0 spiro atoms. The standard InChI is InChI=1S/C16H17Cl2N3O/c17-13-6-3-7-14(18)12(13)10-21-15(8-9-19-21)20-16(22)11-4-1-2-5-11/h3,6-9,11H,1-2,4-5,10H2,(H,20,22). The van der Waals surface area contributed by atoms with Gasteiger partial charge in [0.25, 0.3) is 0 Å². The zero-order valence-corrected chi connectivity index (χ0v) is 13.6. The van der Waals surface area contributed by atoms with Crippen LogP contribution in [-0.4, -0.2) is 15.7 Å². The lowest BCUT2D eigenvalue weighted by molar-refractivity contribution is -0.119. The van der Waals surface area contributed by atoms with Crippen LogP contribution in [0.2, 0.25) is 10.0 Å². The number of aromatic nitrogens is 2. The van der Waals surface area contributed by atoms with Crippen molar-refractivity contribution in [2.75, 3.05) is 5.32 Å². The van der Waals surface area contributed by atoms with Gasteiger partial charge >= 0.3 is 0 Å². The summed E-state index contributed by atoms with van der Waals surface area (Å²) in [4.78, 5) is 12.2. The summed E-state index contributed by atoms with van der Waals surface area (Å²) in [6.07, 6.45) is 5.86. The molecule has 0 atom stereocenters. The van der Waals surface area contributed by atoms with Crippen molar-refractivity contribution in [3.8, 4) is 0 Å². The summed E-state index contributed by atoms with van der Waals surface area (Å²) in [6, 6.07) is 7.18. The third-order valence-corrected chi connectivity index (χ3v) is 4.77. The van der Waals surface area contributed by atoms with E-state index in [0.29, 0.717) is 22.4 Å². The molecule has 2 aromatic rings. The molecule has 6 heteroatoms. The lowest BCUT2D eigenvalue weighted by atomic mass is 10.1. The Kier molecular flexibility index (Phi) is 4.69. The number of rotatable bonds is 4. The molecule has 116 valence electrons. The van der Waals surface area contributed by atoms with E-state index in [9.17, 15) is 4.79 Å². The molecule has 1 amide bonds. The molecule has 1 saturated carbocycles. The van der Waals surface area contributed by atoms with Gasteiger partial charge in [0.2, 0.25) is 5.91 Å². The summed E-state index contributed by atoms with van der Waals surface area (Å²) in [5.74, 6) is 0.865. The largest absolute Gasteiger partial charge is 0.311 e. The zero-order valence-electron chi connectivity index (χ0n) is 12.1. The van der Waals surface area contributed by atoms with Crippen molar-refractivity contribution in [1.29, 1.82) is 0 Å². The maximum absolute atomic E-state index is 12.2. The van der Waals surface area contributed by atoms with Gasteiger partial charge in [-0.3, -0.25) is 4.79 Å². The average molecular weight is 338 g/mol. The van der Waals surface area contributed by atoms with Gasteiger partial charge in [0.15, 0.2) is 0 Å². The molecule has 1 heterocycles. The number of hydrogen-bond acceptors (Lipinski definition) is 2. The number of carbonyl (C=O) groups is 1. The molecule has 4 nitrogen and oxygen atoms in total. The number of carbonyl (C=O) groups excluding carboxylic acids is 1. The molecule has 0 aliphatic heterocycles. The first-order valence-electron chi connectivity index (χ1n) is 7.40. The van der Waals surface area contributed by atoms with Crippen LogP contribution in [0.25, 0.3) is 0 Å². The highest BCUT2D eigenvalue weighted by atomic mass is 35.5. The highest BCUT2D eigenvalue weighted by molar-refractivity contribution is 6.35. The Morgan fingerprint density at radius 2 is 1.91 bits per heavy atom. The van der Waals surface area contributed by atoms with Gasteiger partial charge in [-0.25, -0.2) is 4.68 Å².